The standard InChI is InChI=1S/C11H16/c1-2-3-5-8-11-9-6-4-7-10-11/h4-9,11H,2-3,10H2,1H3/b8-5+. The molecule has 0 amide bonds. The van der Waals surface area contributed by atoms with E-state index in [0.29, 0.717) is 5.92 Å². The molecule has 11 heavy (non-hydrogen) atoms. The van der Waals surface area contributed by atoms with E-state index in [1.54, 1.807) is 0 Å². The Kier molecular flexibility index (Phi) is 3.74. The van der Waals surface area contributed by atoms with Crippen molar-refractivity contribution in [2.24, 2.45) is 5.92 Å². The summed E-state index contributed by atoms with van der Waals surface area (Å²) < 4.78 is 0. The number of allylic oxidation sites excluding steroid dienone is 6. The molecule has 0 fully saturated rings. The molecule has 0 nitrogen and oxygen atoms in total. The minimum absolute atomic E-state index is 0.659. The van der Waals surface area contributed by atoms with Gasteiger partial charge in [-0.05, 0) is 18.8 Å². The van der Waals surface area contributed by atoms with Crippen LogP contribution in [-0.2, 0) is 0 Å². The SMILES string of the molecule is CCC/C=C/C1C=CC=CC1. The minimum atomic E-state index is 0.659. The maximum Gasteiger partial charge on any atom is -0.00157 e. The van der Waals surface area contributed by atoms with Crippen LogP contribution in [0.3, 0.4) is 0 Å². The molecule has 1 aliphatic carbocycles. The molecule has 0 aromatic rings. The van der Waals surface area contributed by atoms with Gasteiger partial charge in [-0.1, -0.05) is 49.8 Å². The zero-order chi connectivity index (χ0) is 7.94. The topological polar surface area (TPSA) is 0 Å². The summed E-state index contributed by atoms with van der Waals surface area (Å²) in [6, 6.07) is 0. The Morgan fingerprint density at radius 1 is 1.45 bits per heavy atom. The van der Waals surface area contributed by atoms with Gasteiger partial charge in [-0.3, -0.25) is 0 Å². The van der Waals surface area contributed by atoms with Gasteiger partial charge in [0.05, 0.1) is 0 Å². The molecule has 0 aromatic heterocycles. The second-order valence-corrected chi connectivity index (χ2v) is 2.93. The second kappa shape index (κ2) is 4.95. The average molecular weight is 148 g/mol. The molecular formula is C11H16. The van der Waals surface area contributed by atoms with Crippen molar-refractivity contribution in [3.63, 3.8) is 0 Å². The second-order valence-electron chi connectivity index (χ2n) is 2.93. The lowest BCUT2D eigenvalue weighted by Gasteiger charge is -2.05. The maximum absolute atomic E-state index is 2.31. The summed E-state index contributed by atoms with van der Waals surface area (Å²) in [6.07, 6.45) is 17.0. The molecule has 60 valence electrons. The Morgan fingerprint density at radius 3 is 3.00 bits per heavy atom. The van der Waals surface area contributed by atoms with Gasteiger partial charge in [0.25, 0.3) is 0 Å². The smallest absolute Gasteiger partial charge is 0.00157 e. The van der Waals surface area contributed by atoms with Crippen molar-refractivity contribution in [1.82, 2.24) is 0 Å². The number of hydrogen-bond acceptors (Lipinski definition) is 0. The van der Waals surface area contributed by atoms with Crippen LogP contribution in [-0.4, -0.2) is 0 Å². The molecular weight excluding hydrogens is 132 g/mol. The van der Waals surface area contributed by atoms with E-state index in [0.717, 1.165) is 0 Å². The van der Waals surface area contributed by atoms with Gasteiger partial charge in [0, 0.05) is 0 Å². The van der Waals surface area contributed by atoms with Gasteiger partial charge >= 0.3 is 0 Å². The van der Waals surface area contributed by atoms with E-state index in [1.807, 2.05) is 0 Å². The van der Waals surface area contributed by atoms with E-state index in [2.05, 4.69) is 43.4 Å². The van der Waals surface area contributed by atoms with Crippen LogP contribution in [0.4, 0.5) is 0 Å². The van der Waals surface area contributed by atoms with Gasteiger partial charge in [0.15, 0.2) is 0 Å². The lowest BCUT2D eigenvalue weighted by molar-refractivity contribution is 0.811. The van der Waals surface area contributed by atoms with Crippen LogP contribution < -0.4 is 0 Å². The highest BCUT2D eigenvalue weighted by molar-refractivity contribution is 5.15. The first-order valence-electron chi connectivity index (χ1n) is 4.43. The van der Waals surface area contributed by atoms with Gasteiger partial charge in [0.2, 0.25) is 0 Å². The highest BCUT2D eigenvalue weighted by Crippen LogP contribution is 2.12. The Morgan fingerprint density at radius 2 is 2.36 bits per heavy atom. The van der Waals surface area contributed by atoms with Crippen LogP contribution in [0.2, 0.25) is 0 Å². The fraction of sp³-hybridized carbons (Fsp3) is 0.455. The molecule has 0 N–H and O–H groups in total. The molecule has 0 saturated heterocycles. The third-order valence-electron chi connectivity index (χ3n) is 1.85. The van der Waals surface area contributed by atoms with Crippen molar-refractivity contribution in [2.75, 3.05) is 0 Å². The molecule has 0 saturated carbocycles. The Balaban J connectivity index is 2.26. The summed E-state index contributed by atoms with van der Waals surface area (Å²) in [5.74, 6) is 0.659. The Hall–Kier alpha value is -0.780. The monoisotopic (exact) mass is 148 g/mol. The van der Waals surface area contributed by atoms with Crippen molar-refractivity contribution in [3.05, 3.63) is 36.5 Å². The third-order valence-corrected chi connectivity index (χ3v) is 1.85. The van der Waals surface area contributed by atoms with Gasteiger partial charge in [0.1, 0.15) is 0 Å². The molecule has 0 aromatic carbocycles. The first-order valence-corrected chi connectivity index (χ1v) is 4.43. The van der Waals surface area contributed by atoms with Crippen LogP contribution in [0.1, 0.15) is 26.2 Å². The first kappa shape index (κ1) is 8.32. The van der Waals surface area contributed by atoms with E-state index >= 15 is 0 Å². The lowest BCUT2D eigenvalue weighted by atomic mass is 10.0. The summed E-state index contributed by atoms with van der Waals surface area (Å²) in [4.78, 5) is 0. The van der Waals surface area contributed by atoms with Gasteiger partial charge in [-0.15, -0.1) is 0 Å². The highest BCUT2D eigenvalue weighted by atomic mass is 14.0. The Labute approximate surface area is 69.3 Å². The maximum atomic E-state index is 2.31. The van der Waals surface area contributed by atoms with E-state index in [4.69, 9.17) is 0 Å². The minimum Gasteiger partial charge on any atom is -0.0879 e. The van der Waals surface area contributed by atoms with E-state index in [1.165, 1.54) is 19.3 Å². The molecule has 1 atom stereocenters. The van der Waals surface area contributed by atoms with Crippen LogP contribution in [0, 0.1) is 5.92 Å². The predicted molar refractivity (Wildman–Crippen MR) is 50.4 cm³/mol. The summed E-state index contributed by atoms with van der Waals surface area (Å²) in [5, 5.41) is 0. The number of hydrogen-bond donors (Lipinski definition) is 0. The van der Waals surface area contributed by atoms with Crippen molar-refractivity contribution in [2.45, 2.75) is 26.2 Å². The van der Waals surface area contributed by atoms with Gasteiger partial charge in [-0.2, -0.15) is 0 Å². The van der Waals surface area contributed by atoms with Crippen LogP contribution in [0.25, 0.3) is 0 Å². The highest BCUT2D eigenvalue weighted by Gasteiger charge is 1.97. The largest absolute Gasteiger partial charge is 0.0879 e. The Bertz CT molecular complexity index is 172. The third kappa shape index (κ3) is 3.22. The fourth-order valence-electron chi connectivity index (χ4n) is 1.18. The summed E-state index contributed by atoms with van der Waals surface area (Å²) in [5.41, 5.74) is 0. The number of unbranched alkanes of at least 4 members (excludes halogenated alkanes) is 1. The zero-order valence-corrected chi connectivity index (χ0v) is 7.16. The number of rotatable bonds is 3. The molecule has 1 aliphatic rings. The van der Waals surface area contributed by atoms with Crippen molar-refractivity contribution in [3.8, 4) is 0 Å². The molecule has 0 heterocycles. The molecule has 0 radical (unpaired) electrons. The normalized spacial score (nSPS) is 23.2. The summed E-state index contributed by atoms with van der Waals surface area (Å²) in [7, 11) is 0. The molecule has 0 spiro atoms. The van der Waals surface area contributed by atoms with E-state index in [-0.39, 0.29) is 0 Å². The summed E-state index contributed by atoms with van der Waals surface area (Å²) >= 11 is 0. The quantitative estimate of drug-likeness (QED) is 0.537. The molecule has 1 rings (SSSR count). The van der Waals surface area contributed by atoms with Crippen LogP contribution in [0.15, 0.2) is 36.5 Å². The van der Waals surface area contributed by atoms with Gasteiger partial charge < -0.3 is 0 Å². The van der Waals surface area contributed by atoms with E-state index in [9.17, 15) is 0 Å². The first-order chi connectivity index (χ1) is 5.43. The molecule has 0 bridgehead atoms. The van der Waals surface area contributed by atoms with Crippen molar-refractivity contribution in [1.29, 1.82) is 0 Å². The average Bonchev–Trinajstić information content (AvgIpc) is 2.07. The molecule has 0 heteroatoms. The van der Waals surface area contributed by atoms with Crippen LogP contribution >= 0.6 is 0 Å². The molecule has 0 aliphatic heterocycles. The summed E-state index contributed by atoms with van der Waals surface area (Å²) in [6.45, 7) is 2.21. The molecule has 1 unspecified atom stereocenters. The zero-order valence-electron chi connectivity index (χ0n) is 7.16. The lowest BCUT2D eigenvalue weighted by Crippen LogP contribution is -1.91. The van der Waals surface area contributed by atoms with E-state index < -0.39 is 0 Å². The van der Waals surface area contributed by atoms with Crippen LogP contribution in [0.5, 0.6) is 0 Å². The van der Waals surface area contributed by atoms with Gasteiger partial charge in [-0.25, -0.2) is 0 Å². The van der Waals surface area contributed by atoms with Crippen molar-refractivity contribution >= 4 is 0 Å². The fourth-order valence-corrected chi connectivity index (χ4v) is 1.18. The van der Waals surface area contributed by atoms with Crippen molar-refractivity contribution < 1.29 is 0 Å². The predicted octanol–water partition coefficient (Wildman–Crippen LogP) is 3.48.